The van der Waals surface area contributed by atoms with Gasteiger partial charge in [0.05, 0.1) is 23.8 Å². The van der Waals surface area contributed by atoms with Gasteiger partial charge in [0.1, 0.15) is 5.75 Å². The van der Waals surface area contributed by atoms with Gasteiger partial charge in [-0.25, -0.2) is 5.43 Å². The SMILES string of the molecule is COc1ccc2c(c1)c(/C=N/NC(=O)c1n[nH]c3ccc([N+](=O)[O-])cc13)cn2C. The Morgan fingerprint density at radius 2 is 2.14 bits per heavy atom. The molecule has 0 fully saturated rings. The van der Waals surface area contributed by atoms with E-state index in [2.05, 4.69) is 20.7 Å². The summed E-state index contributed by atoms with van der Waals surface area (Å²) in [7, 11) is 3.50. The largest absolute Gasteiger partial charge is 0.497 e. The lowest BCUT2D eigenvalue weighted by atomic mass is 10.2. The molecule has 146 valence electrons. The Morgan fingerprint density at radius 1 is 1.31 bits per heavy atom. The third-order valence-electron chi connectivity index (χ3n) is 4.57. The summed E-state index contributed by atoms with van der Waals surface area (Å²) in [5.41, 5.74) is 4.62. The van der Waals surface area contributed by atoms with Gasteiger partial charge in [-0.15, -0.1) is 0 Å². The van der Waals surface area contributed by atoms with Gasteiger partial charge in [0.25, 0.3) is 11.6 Å². The Balaban J connectivity index is 1.59. The second-order valence-corrected chi connectivity index (χ2v) is 6.34. The van der Waals surface area contributed by atoms with Crippen molar-refractivity contribution in [2.24, 2.45) is 12.1 Å². The summed E-state index contributed by atoms with van der Waals surface area (Å²) in [6.45, 7) is 0. The maximum Gasteiger partial charge on any atom is 0.292 e. The molecule has 0 spiro atoms. The van der Waals surface area contributed by atoms with Crippen molar-refractivity contribution < 1.29 is 14.5 Å². The number of ether oxygens (including phenoxy) is 1. The maximum absolute atomic E-state index is 12.5. The summed E-state index contributed by atoms with van der Waals surface area (Å²) in [4.78, 5) is 22.9. The highest BCUT2D eigenvalue weighted by Crippen LogP contribution is 2.25. The number of non-ortho nitro benzene ring substituents is 1. The van der Waals surface area contributed by atoms with E-state index < -0.39 is 10.8 Å². The van der Waals surface area contributed by atoms with Crippen LogP contribution in [-0.2, 0) is 7.05 Å². The summed E-state index contributed by atoms with van der Waals surface area (Å²) in [5.74, 6) is 0.137. The second kappa shape index (κ2) is 7.08. The normalized spacial score (nSPS) is 11.4. The van der Waals surface area contributed by atoms with Gasteiger partial charge in [0, 0.05) is 47.2 Å². The zero-order chi connectivity index (χ0) is 20.5. The number of methoxy groups -OCH3 is 1. The zero-order valence-electron chi connectivity index (χ0n) is 15.5. The molecule has 4 rings (SSSR count). The number of amides is 1. The molecule has 2 aromatic carbocycles. The van der Waals surface area contributed by atoms with E-state index in [1.807, 2.05) is 36.0 Å². The number of aromatic nitrogens is 3. The number of carbonyl (C=O) groups excluding carboxylic acids is 1. The Kier molecular flexibility index (Phi) is 4.43. The van der Waals surface area contributed by atoms with Gasteiger partial charge in [0.2, 0.25) is 0 Å². The minimum absolute atomic E-state index is 0.0282. The van der Waals surface area contributed by atoms with Crippen molar-refractivity contribution >= 4 is 39.6 Å². The highest BCUT2D eigenvalue weighted by atomic mass is 16.6. The molecule has 0 bridgehead atoms. The number of nitrogens with one attached hydrogen (secondary N) is 2. The van der Waals surface area contributed by atoms with Gasteiger partial charge in [0.15, 0.2) is 5.69 Å². The third kappa shape index (κ3) is 3.27. The van der Waals surface area contributed by atoms with E-state index in [0.29, 0.717) is 16.7 Å². The minimum atomic E-state index is -0.578. The van der Waals surface area contributed by atoms with E-state index in [1.54, 1.807) is 7.11 Å². The molecule has 10 heteroatoms. The van der Waals surface area contributed by atoms with Gasteiger partial charge in [-0.3, -0.25) is 20.0 Å². The van der Waals surface area contributed by atoms with Gasteiger partial charge < -0.3 is 9.30 Å². The first kappa shape index (κ1) is 18.2. The summed E-state index contributed by atoms with van der Waals surface area (Å²) < 4.78 is 7.21. The highest BCUT2D eigenvalue weighted by Gasteiger charge is 2.17. The van der Waals surface area contributed by atoms with E-state index in [4.69, 9.17) is 4.74 Å². The van der Waals surface area contributed by atoms with Crippen molar-refractivity contribution in [3.8, 4) is 5.75 Å². The number of aromatic amines is 1. The molecule has 2 N–H and O–H groups in total. The molecule has 4 aromatic rings. The number of nitro benzene ring substituents is 1. The average molecular weight is 392 g/mol. The molecule has 29 heavy (non-hydrogen) atoms. The van der Waals surface area contributed by atoms with Crippen LogP contribution in [0.2, 0.25) is 0 Å². The molecular weight excluding hydrogens is 376 g/mol. The number of rotatable bonds is 5. The van der Waals surface area contributed by atoms with Gasteiger partial charge >= 0.3 is 0 Å². The van der Waals surface area contributed by atoms with Crippen LogP contribution in [0.3, 0.4) is 0 Å². The summed E-state index contributed by atoms with van der Waals surface area (Å²) >= 11 is 0. The first-order chi connectivity index (χ1) is 14.0. The monoisotopic (exact) mass is 392 g/mol. The number of hydrogen-bond donors (Lipinski definition) is 2. The molecule has 1 amide bonds. The number of nitro groups is 1. The molecule has 2 heterocycles. The van der Waals surface area contributed by atoms with Crippen molar-refractivity contribution in [2.45, 2.75) is 0 Å². The molecule has 0 aliphatic rings. The lowest BCUT2D eigenvalue weighted by molar-refractivity contribution is -0.384. The minimum Gasteiger partial charge on any atom is -0.497 e. The predicted molar refractivity (Wildman–Crippen MR) is 107 cm³/mol. The quantitative estimate of drug-likeness (QED) is 0.307. The summed E-state index contributed by atoms with van der Waals surface area (Å²) in [6.07, 6.45) is 3.41. The number of aryl methyl sites for hydroxylation is 1. The van der Waals surface area contributed by atoms with Crippen LogP contribution < -0.4 is 10.2 Å². The van der Waals surface area contributed by atoms with Crippen LogP contribution in [0.1, 0.15) is 16.1 Å². The van der Waals surface area contributed by atoms with Crippen LogP contribution in [0.25, 0.3) is 21.8 Å². The molecule has 0 aliphatic heterocycles. The number of fused-ring (bicyclic) bond motifs is 2. The number of carbonyl (C=O) groups is 1. The zero-order valence-corrected chi connectivity index (χ0v) is 15.5. The van der Waals surface area contributed by atoms with Gasteiger partial charge in [-0.1, -0.05) is 0 Å². The number of nitrogens with zero attached hydrogens (tertiary/aromatic N) is 4. The fourth-order valence-corrected chi connectivity index (χ4v) is 3.13. The van der Waals surface area contributed by atoms with E-state index in [1.165, 1.54) is 24.4 Å². The molecule has 0 atom stereocenters. The van der Waals surface area contributed by atoms with Crippen molar-refractivity contribution in [2.75, 3.05) is 7.11 Å². The number of benzene rings is 2. The van der Waals surface area contributed by atoms with Gasteiger partial charge in [-0.2, -0.15) is 10.2 Å². The van der Waals surface area contributed by atoms with Crippen molar-refractivity contribution in [1.82, 2.24) is 20.2 Å². The Hall–Kier alpha value is -4.21. The molecular formula is C19H16N6O4. The fourth-order valence-electron chi connectivity index (χ4n) is 3.13. The first-order valence-corrected chi connectivity index (χ1v) is 8.57. The molecule has 0 radical (unpaired) electrons. The molecule has 0 saturated heterocycles. The highest BCUT2D eigenvalue weighted by molar-refractivity contribution is 6.06. The predicted octanol–water partition coefficient (Wildman–Crippen LogP) is 2.74. The van der Waals surface area contributed by atoms with Crippen LogP contribution >= 0.6 is 0 Å². The molecule has 0 saturated carbocycles. The molecule has 0 aliphatic carbocycles. The van der Waals surface area contributed by atoms with Crippen LogP contribution in [0, 0.1) is 10.1 Å². The molecule has 10 nitrogen and oxygen atoms in total. The first-order valence-electron chi connectivity index (χ1n) is 8.57. The lowest BCUT2D eigenvalue weighted by Gasteiger charge is -2.00. The Labute approximate surface area is 163 Å². The smallest absolute Gasteiger partial charge is 0.292 e. The van der Waals surface area contributed by atoms with E-state index in [9.17, 15) is 14.9 Å². The van der Waals surface area contributed by atoms with E-state index in [0.717, 1.165) is 16.5 Å². The maximum atomic E-state index is 12.5. The number of hydrazone groups is 1. The average Bonchev–Trinajstić information content (AvgIpc) is 3.28. The second-order valence-electron chi connectivity index (χ2n) is 6.34. The van der Waals surface area contributed by atoms with E-state index >= 15 is 0 Å². The Bertz CT molecular complexity index is 1290. The van der Waals surface area contributed by atoms with Crippen LogP contribution in [-0.4, -0.2) is 38.9 Å². The van der Waals surface area contributed by atoms with Crippen LogP contribution in [0.15, 0.2) is 47.7 Å². The molecule has 2 aromatic heterocycles. The fraction of sp³-hybridized carbons (Fsp3) is 0.105. The van der Waals surface area contributed by atoms with Crippen LogP contribution in [0.4, 0.5) is 5.69 Å². The van der Waals surface area contributed by atoms with Gasteiger partial charge in [-0.05, 0) is 24.3 Å². The van der Waals surface area contributed by atoms with Crippen molar-refractivity contribution in [3.63, 3.8) is 0 Å². The number of hydrogen-bond acceptors (Lipinski definition) is 6. The van der Waals surface area contributed by atoms with Crippen molar-refractivity contribution in [1.29, 1.82) is 0 Å². The molecule has 0 unspecified atom stereocenters. The standard InChI is InChI=1S/C19H16N6O4/c1-24-10-11(14-8-13(29-2)4-6-17(14)24)9-20-23-19(26)18-15-7-12(25(27)28)3-5-16(15)21-22-18/h3-10H,1-2H3,(H,21,22)(H,23,26)/b20-9+. The van der Waals surface area contributed by atoms with Crippen molar-refractivity contribution in [3.05, 3.63) is 64.0 Å². The topological polar surface area (TPSA) is 127 Å². The van der Waals surface area contributed by atoms with E-state index in [-0.39, 0.29) is 11.4 Å². The van der Waals surface area contributed by atoms with Crippen LogP contribution in [0.5, 0.6) is 5.75 Å². The number of H-pyrrole nitrogens is 1. The summed E-state index contributed by atoms with van der Waals surface area (Å²) in [6, 6.07) is 9.84. The summed E-state index contributed by atoms with van der Waals surface area (Å²) in [5, 5.41) is 22.9. The lowest BCUT2D eigenvalue weighted by Crippen LogP contribution is -2.18. The Morgan fingerprint density at radius 3 is 2.90 bits per heavy atom. The third-order valence-corrected chi connectivity index (χ3v) is 4.57.